The molecule has 1 heterocycles. The maximum absolute atomic E-state index is 12.5. The van der Waals surface area contributed by atoms with E-state index in [1.165, 1.54) is 11.3 Å². The van der Waals surface area contributed by atoms with Gasteiger partial charge in [-0.1, -0.05) is 60.1 Å². The lowest BCUT2D eigenvalue weighted by Crippen LogP contribution is -2.31. The zero-order chi connectivity index (χ0) is 20.4. The van der Waals surface area contributed by atoms with E-state index in [2.05, 4.69) is 17.4 Å². The molecule has 4 rings (SSSR count). The summed E-state index contributed by atoms with van der Waals surface area (Å²) in [5.41, 5.74) is 5.10. The average Bonchev–Trinajstić information content (AvgIpc) is 3.27. The number of fused-ring (bicyclic) bond motifs is 3. The summed E-state index contributed by atoms with van der Waals surface area (Å²) in [6.45, 7) is 0.164. The zero-order valence-electron chi connectivity index (χ0n) is 15.3. The summed E-state index contributed by atoms with van der Waals surface area (Å²) in [6, 6.07) is 17.1. The SMILES string of the molecule is O=C(O)C[C@H](NC(=O)OCC1c2ccccc2-c2ccccc21)c1ccsc1Cl. The standard InChI is InChI=1S/C22H18ClNO4S/c23-21-17(9-10-29-21)19(11-20(25)26)24-22(27)28-12-18-15-7-3-1-5-13(15)14-6-2-4-8-16(14)18/h1-10,18-19H,11-12H2,(H,24,27)(H,25,26)/t19-/m0/s1. The molecule has 0 saturated heterocycles. The number of benzene rings is 2. The zero-order valence-corrected chi connectivity index (χ0v) is 16.9. The van der Waals surface area contributed by atoms with E-state index in [0.717, 1.165) is 22.3 Å². The van der Waals surface area contributed by atoms with Gasteiger partial charge in [0.2, 0.25) is 0 Å². The van der Waals surface area contributed by atoms with Crippen molar-refractivity contribution in [3.63, 3.8) is 0 Å². The summed E-state index contributed by atoms with van der Waals surface area (Å²) >= 11 is 7.41. The minimum absolute atomic E-state index is 0.0594. The summed E-state index contributed by atoms with van der Waals surface area (Å²) in [7, 11) is 0. The Hall–Kier alpha value is -2.83. The van der Waals surface area contributed by atoms with Gasteiger partial charge in [0.05, 0.1) is 16.8 Å². The fourth-order valence-corrected chi connectivity index (χ4v) is 4.78. The summed E-state index contributed by atoms with van der Waals surface area (Å²) in [4.78, 5) is 23.7. The molecule has 7 heteroatoms. The molecule has 148 valence electrons. The number of carboxylic acid groups (broad SMARTS) is 1. The van der Waals surface area contributed by atoms with Crippen LogP contribution >= 0.6 is 22.9 Å². The molecule has 3 aromatic rings. The van der Waals surface area contributed by atoms with Crippen molar-refractivity contribution in [1.82, 2.24) is 5.32 Å². The molecule has 0 saturated carbocycles. The third kappa shape index (κ3) is 3.99. The normalized spacial score (nSPS) is 13.4. The number of hydrogen-bond donors (Lipinski definition) is 2. The van der Waals surface area contributed by atoms with Gasteiger partial charge in [-0.2, -0.15) is 0 Å². The number of nitrogens with one attached hydrogen (secondary N) is 1. The van der Waals surface area contributed by atoms with E-state index >= 15 is 0 Å². The number of thiophene rings is 1. The summed E-state index contributed by atoms with van der Waals surface area (Å²) < 4.78 is 5.96. The molecule has 0 fully saturated rings. The van der Waals surface area contributed by atoms with Gasteiger partial charge < -0.3 is 15.2 Å². The molecule has 1 aliphatic carbocycles. The maximum atomic E-state index is 12.5. The molecule has 0 bridgehead atoms. The Kier molecular flexibility index (Phi) is 5.56. The van der Waals surface area contributed by atoms with Crippen LogP contribution in [0.1, 0.15) is 35.1 Å². The second-order valence-corrected chi connectivity index (χ2v) is 8.29. The number of ether oxygens (including phenoxy) is 1. The number of carboxylic acids is 1. The largest absolute Gasteiger partial charge is 0.481 e. The van der Waals surface area contributed by atoms with Gasteiger partial charge in [0.1, 0.15) is 6.61 Å². The highest BCUT2D eigenvalue weighted by molar-refractivity contribution is 7.14. The van der Waals surface area contributed by atoms with E-state index < -0.39 is 18.1 Å². The average molecular weight is 428 g/mol. The van der Waals surface area contributed by atoms with E-state index in [1.54, 1.807) is 11.4 Å². The smallest absolute Gasteiger partial charge is 0.407 e. The summed E-state index contributed by atoms with van der Waals surface area (Å²) in [5.74, 6) is -1.09. The first-order valence-corrected chi connectivity index (χ1v) is 10.4. The van der Waals surface area contributed by atoms with Crippen LogP contribution in [0.3, 0.4) is 0 Å². The summed E-state index contributed by atoms with van der Waals surface area (Å²) in [6.07, 6.45) is -0.943. The van der Waals surface area contributed by atoms with Crippen LogP contribution in [0, 0.1) is 0 Å². The van der Waals surface area contributed by atoms with Gasteiger partial charge in [0.15, 0.2) is 0 Å². The van der Waals surface area contributed by atoms with Crippen molar-refractivity contribution in [3.05, 3.63) is 81.0 Å². The minimum Gasteiger partial charge on any atom is -0.481 e. The van der Waals surface area contributed by atoms with E-state index in [1.807, 2.05) is 36.4 Å². The number of aliphatic carboxylic acids is 1. The Morgan fingerprint density at radius 3 is 2.24 bits per heavy atom. The van der Waals surface area contributed by atoms with Gasteiger partial charge in [-0.3, -0.25) is 4.79 Å². The van der Waals surface area contributed by atoms with E-state index in [-0.39, 0.29) is 18.9 Å². The topological polar surface area (TPSA) is 75.6 Å². The number of carbonyl (C=O) groups excluding carboxylic acids is 1. The first kappa shape index (κ1) is 19.5. The second kappa shape index (κ2) is 8.27. The molecule has 0 unspecified atom stereocenters. The third-order valence-corrected chi connectivity index (χ3v) is 6.24. The van der Waals surface area contributed by atoms with Crippen molar-refractivity contribution in [3.8, 4) is 11.1 Å². The molecule has 0 spiro atoms. The van der Waals surface area contributed by atoms with Crippen LogP contribution in [0.5, 0.6) is 0 Å². The highest BCUT2D eigenvalue weighted by atomic mass is 35.5. The number of halogens is 1. The van der Waals surface area contributed by atoms with E-state index in [0.29, 0.717) is 9.90 Å². The highest BCUT2D eigenvalue weighted by Crippen LogP contribution is 2.44. The number of alkyl carbamates (subject to hydrolysis) is 1. The van der Waals surface area contributed by atoms with Crippen molar-refractivity contribution >= 4 is 35.0 Å². The van der Waals surface area contributed by atoms with Gasteiger partial charge >= 0.3 is 12.1 Å². The van der Waals surface area contributed by atoms with Crippen LogP contribution in [0.25, 0.3) is 11.1 Å². The molecule has 2 N–H and O–H groups in total. The van der Waals surface area contributed by atoms with Crippen molar-refractivity contribution in [2.75, 3.05) is 6.61 Å². The quantitative estimate of drug-likeness (QED) is 0.548. The number of rotatable bonds is 6. The molecular weight excluding hydrogens is 410 g/mol. The lowest BCUT2D eigenvalue weighted by molar-refractivity contribution is -0.137. The third-order valence-electron chi connectivity index (χ3n) is 5.04. The van der Waals surface area contributed by atoms with Crippen LogP contribution in [0.2, 0.25) is 4.34 Å². The predicted molar refractivity (Wildman–Crippen MR) is 113 cm³/mol. The number of carbonyl (C=O) groups is 2. The molecule has 29 heavy (non-hydrogen) atoms. The molecule has 0 radical (unpaired) electrons. The number of amides is 1. The fraction of sp³-hybridized carbons (Fsp3) is 0.182. The van der Waals surface area contributed by atoms with Gasteiger partial charge in [-0.15, -0.1) is 11.3 Å². The van der Waals surface area contributed by atoms with Crippen molar-refractivity contribution in [1.29, 1.82) is 0 Å². The lowest BCUT2D eigenvalue weighted by Gasteiger charge is -2.18. The summed E-state index contributed by atoms with van der Waals surface area (Å²) in [5, 5.41) is 13.6. The van der Waals surface area contributed by atoms with Crippen LogP contribution in [-0.2, 0) is 9.53 Å². The van der Waals surface area contributed by atoms with Gasteiger partial charge in [0, 0.05) is 11.5 Å². The Labute approximate surface area is 176 Å². The van der Waals surface area contributed by atoms with Crippen LogP contribution in [0.15, 0.2) is 60.0 Å². The maximum Gasteiger partial charge on any atom is 0.407 e. The number of hydrogen-bond acceptors (Lipinski definition) is 4. The fourth-order valence-electron chi connectivity index (χ4n) is 3.75. The molecule has 2 aromatic carbocycles. The predicted octanol–water partition coefficient (Wildman–Crippen LogP) is 5.46. The first-order valence-electron chi connectivity index (χ1n) is 9.10. The highest BCUT2D eigenvalue weighted by Gasteiger charge is 2.29. The Bertz CT molecular complexity index is 1020. The van der Waals surface area contributed by atoms with Crippen molar-refractivity contribution < 1.29 is 19.4 Å². The molecular formula is C22H18ClNO4S. The lowest BCUT2D eigenvalue weighted by atomic mass is 9.98. The van der Waals surface area contributed by atoms with E-state index in [9.17, 15) is 14.7 Å². The molecule has 0 aliphatic heterocycles. The van der Waals surface area contributed by atoms with Crippen molar-refractivity contribution in [2.45, 2.75) is 18.4 Å². The van der Waals surface area contributed by atoms with Crippen LogP contribution in [0.4, 0.5) is 4.79 Å². The first-order chi connectivity index (χ1) is 14.0. The Balaban J connectivity index is 1.48. The van der Waals surface area contributed by atoms with E-state index in [4.69, 9.17) is 16.3 Å². The second-order valence-electron chi connectivity index (χ2n) is 6.77. The van der Waals surface area contributed by atoms with Gasteiger partial charge in [-0.25, -0.2) is 4.79 Å². The van der Waals surface area contributed by atoms with Gasteiger partial charge in [-0.05, 0) is 33.7 Å². The molecule has 1 aliphatic rings. The minimum atomic E-state index is -1.03. The molecule has 1 aromatic heterocycles. The molecule has 1 atom stereocenters. The Morgan fingerprint density at radius 2 is 1.69 bits per heavy atom. The molecule has 1 amide bonds. The van der Waals surface area contributed by atoms with Crippen molar-refractivity contribution in [2.24, 2.45) is 0 Å². The van der Waals surface area contributed by atoms with Gasteiger partial charge in [0.25, 0.3) is 0 Å². The van der Waals surface area contributed by atoms with Crippen LogP contribution in [-0.4, -0.2) is 23.8 Å². The Morgan fingerprint density at radius 1 is 1.07 bits per heavy atom. The van der Waals surface area contributed by atoms with Crippen LogP contribution < -0.4 is 5.32 Å². The molecule has 5 nitrogen and oxygen atoms in total. The monoisotopic (exact) mass is 427 g/mol.